The lowest BCUT2D eigenvalue weighted by atomic mass is 10.1. The fraction of sp³-hybridized carbons (Fsp3) is 0.0588. The van der Waals surface area contributed by atoms with Gasteiger partial charge in [0.25, 0.3) is 5.56 Å². The number of carbonyl (C=O) groups excluding carboxylic acids is 2. The number of ketones is 1. The molecule has 7 heteroatoms. The zero-order valence-electron chi connectivity index (χ0n) is 12.4. The summed E-state index contributed by atoms with van der Waals surface area (Å²) in [5.74, 6) is -0.972. The molecular formula is C17H9ClN2O4. The zero-order valence-corrected chi connectivity index (χ0v) is 13.1. The molecule has 0 radical (unpaired) electrons. The highest BCUT2D eigenvalue weighted by atomic mass is 35.5. The van der Waals surface area contributed by atoms with Gasteiger partial charge in [0.15, 0.2) is 5.82 Å². The van der Waals surface area contributed by atoms with Crippen molar-refractivity contribution >= 4 is 34.3 Å². The summed E-state index contributed by atoms with van der Waals surface area (Å²) in [5, 5.41) is 0.788. The van der Waals surface area contributed by atoms with Crippen LogP contribution in [0.4, 0.5) is 0 Å². The fourth-order valence-corrected chi connectivity index (χ4v) is 2.98. The van der Waals surface area contributed by atoms with Crippen molar-refractivity contribution in [2.24, 2.45) is 0 Å². The summed E-state index contributed by atoms with van der Waals surface area (Å²) in [7, 11) is 1.26. The second kappa shape index (κ2) is 5.01. The van der Waals surface area contributed by atoms with Gasteiger partial charge >= 0.3 is 5.97 Å². The maximum atomic E-state index is 12.8. The van der Waals surface area contributed by atoms with Gasteiger partial charge in [-0.25, -0.2) is 9.78 Å². The van der Waals surface area contributed by atoms with Gasteiger partial charge in [0.2, 0.25) is 5.78 Å². The molecule has 0 saturated carbocycles. The van der Waals surface area contributed by atoms with Crippen LogP contribution in [0.1, 0.15) is 26.5 Å². The standard InChI is InChI=1S/C17H9ClN2O4/c1-24-17(23)8-2-5-13-11(6-8)14(21)15-19-12-7-9(18)3-4-10(12)16(22)20(13)15/h2-7H,1H3. The molecule has 24 heavy (non-hydrogen) atoms. The van der Waals surface area contributed by atoms with Crippen LogP contribution in [0.25, 0.3) is 16.6 Å². The number of carbonyl (C=O) groups is 2. The molecule has 1 aliphatic rings. The SMILES string of the molecule is COC(=O)c1ccc2c(c1)C(=O)c1nc3cc(Cl)ccc3c(=O)n1-2. The van der Waals surface area contributed by atoms with Crippen molar-refractivity contribution in [2.45, 2.75) is 0 Å². The molecule has 0 atom stereocenters. The molecule has 0 bridgehead atoms. The second-order valence-corrected chi connectivity index (χ2v) is 5.73. The number of aromatic nitrogens is 2. The van der Waals surface area contributed by atoms with Crippen LogP contribution in [-0.2, 0) is 4.74 Å². The average Bonchev–Trinajstić information content (AvgIpc) is 2.86. The highest BCUT2D eigenvalue weighted by molar-refractivity contribution is 6.31. The lowest BCUT2D eigenvalue weighted by molar-refractivity contribution is 0.0600. The lowest BCUT2D eigenvalue weighted by Crippen LogP contribution is -2.21. The maximum Gasteiger partial charge on any atom is 0.337 e. The summed E-state index contributed by atoms with van der Waals surface area (Å²) in [5.41, 5.74) is 0.872. The Kier molecular flexibility index (Phi) is 3.04. The molecule has 0 aliphatic carbocycles. The van der Waals surface area contributed by atoms with Gasteiger partial charge in [0.05, 0.1) is 34.8 Å². The third-order valence-corrected chi connectivity index (χ3v) is 4.17. The van der Waals surface area contributed by atoms with E-state index in [1.807, 2.05) is 0 Å². The third kappa shape index (κ3) is 1.90. The molecule has 0 spiro atoms. The summed E-state index contributed by atoms with van der Waals surface area (Å²) in [6, 6.07) is 9.17. The van der Waals surface area contributed by atoms with Gasteiger partial charge in [-0.3, -0.25) is 14.2 Å². The largest absolute Gasteiger partial charge is 0.465 e. The number of methoxy groups -OCH3 is 1. The predicted octanol–water partition coefficient (Wildman–Crippen LogP) is 2.37. The number of fused-ring (bicyclic) bond motifs is 4. The van der Waals surface area contributed by atoms with Gasteiger partial charge in [-0.1, -0.05) is 11.6 Å². The van der Waals surface area contributed by atoms with Gasteiger partial charge in [-0.2, -0.15) is 0 Å². The van der Waals surface area contributed by atoms with Crippen LogP contribution in [0.2, 0.25) is 5.02 Å². The lowest BCUT2D eigenvalue weighted by Gasteiger charge is -2.06. The van der Waals surface area contributed by atoms with Gasteiger partial charge < -0.3 is 4.74 Å². The van der Waals surface area contributed by atoms with Crippen LogP contribution in [0, 0.1) is 0 Å². The first-order valence-corrected chi connectivity index (χ1v) is 7.39. The molecule has 1 aromatic heterocycles. The summed E-state index contributed by atoms with van der Waals surface area (Å²) < 4.78 is 5.92. The Hall–Kier alpha value is -2.99. The van der Waals surface area contributed by atoms with Gasteiger partial charge in [0, 0.05) is 5.02 Å². The van der Waals surface area contributed by atoms with Crippen molar-refractivity contribution < 1.29 is 14.3 Å². The van der Waals surface area contributed by atoms with Crippen molar-refractivity contribution in [3.63, 3.8) is 0 Å². The Balaban J connectivity index is 2.03. The van der Waals surface area contributed by atoms with E-state index in [4.69, 9.17) is 11.6 Å². The van der Waals surface area contributed by atoms with Gasteiger partial charge in [-0.15, -0.1) is 0 Å². The second-order valence-electron chi connectivity index (χ2n) is 5.29. The highest BCUT2D eigenvalue weighted by Crippen LogP contribution is 2.28. The number of ether oxygens (including phenoxy) is 1. The molecule has 0 N–H and O–H groups in total. The minimum atomic E-state index is -0.557. The van der Waals surface area contributed by atoms with E-state index in [-0.39, 0.29) is 22.5 Å². The maximum absolute atomic E-state index is 12.8. The van der Waals surface area contributed by atoms with Crippen molar-refractivity contribution in [1.29, 1.82) is 0 Å². The van der Waals surface area contributed by atoms with E-state index >= 15 is 0 Å². The molecule has 2 heterocycles. The zero-order chi connectivity index (χ0) is 17.0. The molecule has 0 fully saturated rings. The molecule has 0 saturated heterocycles. The third-order valence-electron chi connectivity index (χ3n) is 3.94. The molecule has 118 valence electrons. The Morgan fingerprint density at radius 2 is 1.96 bits per heavy atom. The molecule has 0 unspecified atom stereocenters. The van der Waals surface area contributed by atoms with Crippen LogP contribution in [0.5, 0.6) is 0 Å². The fourth-order valence-electron chi connectivity index (χ4n) is 2.81. The first-order valence-electron chi connectivity index (χ1n) is 7.01. The molecule has 0 amide bonds. The highest BCUT2D eigenvalue weighted by Gasteiger charge is 2.31. The van der Waals surface area contributed by atoms with Crippen LogP contribution < -0.4 is 5.56 Å². The first-order chi connectivity index (χ1) is 11.5. The minimum Gasteiger partial charge on any atom is -0.465 e. The molecule has 1 aliphatic heterocycles. The summed E-state index contributed by atoms with van der Waals surface area (Å²) >= 11 is 5.93. The number of nitrogens with zero attached hydrogens (tertiary/aromatic N) is 2. The van der Waals surface area contributed by atoms with Crippen molar-refractivity contribution in [2.75, 3.05) is 7.11 Å². The average molecular weight is 341 g/mol. The summed E-state index contributed by atoms with van der Waals surface area (Å²) in [6.45, 7) is 0. The van der Waals surface area contributed by atoms with E-state index in [2.05, 4.69) is 9.72 Å². The number of esters is 1. The quantitative estimate of drug-likeness (QED) is 0.497. The minimum absolute atomic E-state index is 0.00628. The molecular weight excluding hydrogens is 332 g/mol. The van der Waals surface area contributed by atoms with Crippen LogP contribution in [0.3, 0.4) is 0 Å². The Morgan fingerprint density at radius 3 is 2.71 bits per heavy atom. The van der Waals surface area contributed by atoms with Crippen LogP contribution >= 0.6 is 11.6 Å². The van der Waals surface area contributed by atoms with Gasteiger partial charge in [0.1, 0.15) is 0 Å². The molecule has 6 nitrogen and oxygen atoms in total. The van der Waals surface area contributed by atoms with E-state index in [9.17, 15) is 14.4 Å². The monoisotopic (exact) mass is 340 g/mol. The molecule has 3 aromatic rings. The Bertz CT molecular complexity index is 1120. The normalized spacial score (nSPS) is 12.2. The number of hydrogen-bond donors (Lipinski definition) is 0. The van der Waals surface area contributed by atoms with Crippen LogP contribution in [0.15, 0.2) is 41.2 Å². The van der Waals surface area contributed by atoms with Crippen molar-refractivity contribution in [3.8, 4) is 5.69 Å². The number of halogens is 1. The van der Waals surface area contributed by atoms with E-state index in [0.717, 1.165) is 0 Å². The smallest absolute Gasteiger partial charge is 0.337 e. The Labute approximate surface area is 140 Å². The van der Waals surface area contributed by atoms with E-state index in [1.54, 1.807) is 18.2 Å². The van der Waals surface area contributed by atoms with Gasteiger partial charge in [-0.05, 0) is 36.4 Å². The summed E-state index contributed by atoms with van der Waals surface area (Å²) in [4.78, 5) is 41.3. The molecule has 4 rings (SSSR count). The predicted molar refractivity (Wildman–Crippen MR) is 87.1 cm³/mol. The Morgan fingerprint density at radius 1 is 1.17 bits per heavy atom. The summed E-state index contributed by atoms with van der Waals surface area (Å²) in [6.07, 6.45) is 0. The topological polar surface area (TPSA) is 78.3 Å². The number of hydrogen-bond acceptors (Lipinski definition) is 5. The molecule has 2 aromatic carbocycles. The van der Waals surface area contributed by atoms with Crippen LogP contribution in [-0.4, -0.2) is 28.4 Å². The van der Waals surface area contributed by atoms with E-state index in [1.165, 1.54) is 29.9 Å². The number of rotatable bonds is 1. The van der Waals surface area contributed by atoms with E-state index in [0.29, 0.717) is 21.6 Å². The van der Waals surface area contributed by atoms with E-state index < -0.39 is 11.8 Å². The first kappa shape index (κ1) is 14.6. The van der Waals surface area contributed by atoms with Crippen molar-refractivity contribution in [3.05, 3.63) is 68.7 Å². The van der Waals surface area contributed by atoms with Crippen molar-refractivity contribution in [1.82, 2.24) is 9.55 Å². The number of benzene rings is 2.